The Hall–Kier alpha value is -0.770. The Morgan fingerprint density at radius 3 is 2.25 bits per heavy atom. The lowest BCUT2D eigenvalue weighted by Gasteiger charge is -2.35. The van der Waals surface area contributed by atoms with E-state index in [4.69, 9.17) is 4.74 Å². The predicted molar refractivity (Wildman–Crippen MR) is 61.9 cm³/mol. The lowest BCUT2D eigenvalue weighted by Crippen LogP contribution is -2.52. The Morgan fingerprint density at radius 1 is 1.19 bits per heavy atom. The summed E-state index contributed by atoms with van der Waals surface area (Å²) < 4.78 is 5.27. The topological polar surface area (TPSA) is 41.6 Å². The molecule has 2 unspecified atom stereocenters. The Balaban J connectivity index is 1.88. The number of fused-ring (bicyclic) bond motifs is 2. The second-order valence-corrected chi connectivity index (χ2v) is 5.84. The highest BCUT2D eigenvalue weighted by Crippen LogP contribution is 2.33. The standard InChI is InChI=1S/C12H22N2O2/c1-12(2,3)16-11(15)13-14-9-5-4-6-10(14)8-7-9/h9-10H,4-8H2,1-3H3,(H,13,15). The van der Waals surface area contributed by atoms with E-state index in [1.165, 1.54) is 32.1 Å². The van der Waals surface area contributed by atoms with Crippen molar-refractivity contribution in [3.63, 3.8) is 0 Å². The molecule has 1 amide bonds. The van der Waals surface area contributed by atoms with Crippen molar-refractivity contribution < 1.29 is 9.53 Å². The van der Waals surface area contributed by atoms with Crippen LogP contribution in [0.4, 0.5) is 4.79 Å². The van der Waals surface area contributed by atoms with Gasteiger partial charge in [0.15, 0.2) is 0 Å². The summed E-state index contributed by atoms with van der Waals surface area (Å²) in [6.45, 7) is 5.66. The molecule has 4 nitrogen and oxygen atoms in total. The van der Waals surface area contributed by atoms with Gasteiger partial charge < -0.3 is 4.74 Å². The van der Waals surface area contributed by atoms with Gasteiger partial charge in [-0.25, -0.2) is 9.80 Å². The molecule has 4 heteroatoms. The number of amides is 1. The number of piperidine rings is 1. The number of rotatable bonds is 1. The summed E-state index contributed by atoms with van der Waals surface area (Å²) in [7, 11) is 0. The van der Waals surface area contributed by atoms with Crippen LogP contribution in [0.5, 0.6) is 0 Å². The van der Waals surface area contributed by atoms with Crippen LogP contribution in [0.15, 0.2) is 0 Å². The van der Waals surface area contributed by atoms with Crippen molar-refractivity contribution >= 4 is 6.09 Å². The number of carbonyl (C=O) groups is 1. The first-order valence-electron chi connectivity index (χ1n) is 6.24. The molecule has 0 radical (unpaired) electrons. The molecule has 2 heterocycles. The van der Waals surface area contributed by atoms with E-state index in [1.54, 1.807) is 0 Å². The molecule has 0 aliphatic carbocycles. The van der Waals surface area contributed by atoms with E-state index in [0.29, 0.717) is 12.1 Å². The summed E-state index contributed by atoms with van der Waals surface area (Å²) in [5.41, 5.74) is 2.49. The second-order valence-electron chi connectivity index (χ2n) is 5.84. The molecule has 0 spiro atoms. The van der Waals surface area contributed by atoms with Gasteiger partial charge in [0, 0.05) is 12.1 Å². The smallest absolute Gasteiger partial charge is 0.422 e. The van der Waals surface area contributed by atoms with Gasteiger partial charge in [0.1, 0.15) is 5.60 Å². The highest BCUT2D eigenvalue weighted by Gasteiger charge is 2.38. The maximum Gasteiger partial charge on any atom is 0.422 e. The minimum absolute atomic E-state index is 0.314. The number of nitrogens with one attached hydrogen (secondary N) is 1. The summed E-state index contributed by atoms with van der Waals surface area (Å²) in [4.78, 5) is 11.7. The Bertz CT molecular complexity index is 257. The third-order valence-corrected chi connectivity index (χ3v) is 3.31. The molecular weight excluding hydrogens is 204 g/mol. The molecule has 2 atom stereocenters. The third-order valence-electron chi connectivity index (χ3n) is 3.31. The van der Waals surface area contributed by atoms with E-state index in [9.17, 15) is 4.79 Å². The Morgan fingerprint density at radius 2 is 1.75 bits per heavy atom. The normalized spacial score (nSPS) is 30.2. The van der Waals surface area contributed by atoms with Gasteiger partial charge in [-0.2, -0.15) is 0 Å². The molecule has 2 rings (SSSR count). The monoisotopic (exact) mass is 226 g/mol. The minimum atomic E-state index is -0.418. The number of hydrogen-bond acceptors (Lipinski definition) is 3. The van der Waals surface area contributed by atoms with Crippen molar-refractivity contribution in [3.05, 3.63) is 0 Å². The molecule has 92 valence electrons. The summed E-state index contributed by atoms with van der Waals surface area (Å²) in [5.74, 6) is 0. The van der Waals surface area contributed by atoms with E-state index >= 15 is 0 Å². The summed E-state index contributed by atoms with van der Waals surface area (Å²) in [5, 5.41) is 2.12. The van der Waals surface area contributed by atoms with Gasteiger partial charge in [0.05, 0.1) is 0 Å². The van der Waals surface area contributed by atoms with E-state index in [0.717, 1.165) is 0 Å². The highest BCUT2D eigenvalue weighted by molar-refractivity contribution is 5.67. The van der Waals surface area contributed by atoms with Crippen LogP contribution in [0.2, 0.25) is 0 Å². The van der Waals surface area contributed by atoms with Gasteiger partial charge in [0.25, 0.3) is 0 Å². The first kappa shape index (κ1) is 11.7. The molecule has 2 bridgehead atoms. The minimum Gasteiger partial charge on any atom is -0.443 e. The van der Waals surface area contributed by atoms with E-state index in [2.05, 4.69) is 10.4 Å². The van der Waals surface area contributed by atoms with Crippen LogP contribution in [0.3, 0.4) is 0 Å². The van der Waals surface area contributed by atoms with Crippen molar-refractivity contribution in [2.75, 3.05) is 0 Å². The van der Waals surface area contributed by atoms with Crippen molar-refractivity contribution in [3.8, 4) is 0 Å². The third kappa shape index (κ3) is 2.67. The van der Waals surface area contributed by atoms with Gasteiger partial charge in [-0.3, -0.25) is 5.43 Å². The van der Waals surface area contributed by atoms with Crippen LogP contribution in [-0.2, 0) is 4.74 Å². The van der Waals surface area contributed by atoms with Gasteiger partial charge in [-0.05, 0) is 46.5 Å². The molecule has 0 aromatic heterocycles. The molecule has 16 heavy (non-hydrogen) atoms. The first-order chi connectivity index (χ1) is 7.46. The van der Waals surface area contributed by atoms with E-state index in [-0.39, 0.29) is 6.09 Å². The molecular formula is C12H22N2O2. The highest BCUT2D eigenvalue weighted by atomic mass is 16.6. The molecule has 1 N–H and O–H groups in total. The van der Waals surface area contributed by atoms with Crippen molar-refractivity contribution in [1.82, 2.24) is 10.4 Å². The number of ether oxygens (including phenoxy) is 1. The zero-order valence-electron chi connectivity index (χ0n) is 10.5. The number of hydrogen-bond donors (Lipinski definition) is 1. The molecule has 0 saturated carbocycles. The fourth-order valence-electron chi connectivity index (χ4n) is 2.71. The van der Waals surface area contributed by atoms with Gasteiger partial charge in [-0.15, -0.1) is 0 Å². The zero-order chi connectivity index (χ0) is 11.8. The molecule has 0 aromatic rings. The number of carbonyl (C=O) groups excluding carboxylic acids is 1. The Labute approximate surface area is 97.3 Å². The fourth-order valence-corrected chi connectivity index (χ4v) is 2.71. The van der Waals surface area contributed by atoms with E-state index in [1.807, 2.05) is 20.8 Å². The summed E-state index contributed by atoms with van der Waals surface area (Å²) in [6, 6.07) is 1.07. The van der Waals surface area contributed by atoms with E-state index < -0.39 is 5.60 Å². The second kappa shape index (κ2) is 4.24. The zero-order valence-corrected chi connectivity index (χ0v) is 10.5. The van der Waals surface area contributed by atoms with Crippen molar-refractivity contribution in [2.45, 2.75) is 70.6 Å². The molecule has 2 aliphatic heterocycles. The van der Waals surface area contributed by atoms with Crippen molar-refractivity contribution in [1.29, 1.82) is 0 Å². The van der Waals surface area contributed by atoms with Crippen LogP contribution >= 0.6 is 0 Å². The number of nitrogens with zero attached hydrogens (tertiary/aromatic N) is 1. The molecule has 2 aliphatic rings. The number of hydrazine groups is 1. The predicted octanol–water partition coefficient (Wildman–Crippen LogP) is 2.44. The van der Waals surface area contributed by atoms with Gasteiger partial charge in [0.2, 0.25) is 0 Å². The average molecular weight is 226 g/mol. The Kier molecular flexibility index (Phi) is 3.10. The van der Waals surface area contributed by atoms with Gasteiger partial charge in [-0.1, -0.05) is 6.42 Å². The van der Waals surface area contributed by atoms with Crippen LogP contribution in [0.1, 0.15) is 52.9 Å². The summed E-state index contributed by atoms with van der Waals surface area (Å²) >= 11 is 0. The average Bonchev–Trinajstić information content (AvgIpc) is 2.39. The quantitative estimate of drug-likeness (QED) is 0.746. The van der Waals surface area contributed by atoms with Crippen LogP contribution < -0.4 is 5.43 Å². The van der Waals surface area contributed by atoms with Crippen LogP contribution in [0, 0.1) is 0 Å². The SMILES string of the molecule is CC(C)(C)OC(=O)NN1C2CCCC1CC2. The molecule has 2 fully saturated rings. The first-order valence-corrected chi connectivity index (χ1v) is 6.24. The van der Waals surface area contributed by atoms with Crippen LogP contribution in [0.25, 0.3) is 0 Å². The lowest BCUT2D eigenvalue weighted by atomic mass is 10.1. The van der Waals surface area contributed by atoms with Crippen LogP contribution in [-0.4, -0.2) is 28.8 Å². The fraction of sp³-hybridized carbons (Fsp3) is 0.917. The maximum absolute atomic E-state index is 11.7. The molecule has 2 saturated heterocycles. The summed E-state index contributed by atoms with van der Waals surface area (Å²) in [6.07, 6.45) is 5.80. The van der Waals surface area contributed by atoms with Gasteiger partial charge >= 0.3 is 6.09 Å². The maximum atomic E-state index is 11.7. The lowest BCUT2D eigenvalue weighted by molar-refractivity contribution is 0.0141. The largest absolute Gasteiger partial charge is 0.443 e. The molecule has 0 aromatic carbocycles. The van der Waals surface area contributed by atoms with Crippen molar-refractivity contribution in [2.24, 2.45) is 0 Å².